The highest BCUT2D eigenvalue weighted by Crippen LogP contribution is 2.44. The van der Waals surface area contributed by atoms with Crippen molar-refractivity contribution in [2.45, 2.75) is 97.8 Å². The van der Waals surface area contributed by atoms with E-state index >= 15 is 0 Å². The fourth-order valence-corrected chi connectivity index (χ4v) is 8.81. The van der Waals surface area contributed by atoms with Gasteiger partial charge in [-0.15, -0.1) is 11.3 Å². The summed E-state index contributed by atoms with van der Waals surface area (Å²) in [5.41, 5.74) is 3.93. The second-order valence-corrected chi connectivity index (χ2v) is 16.6. The third-order valence-corrected chi connectivity index (χ3v) is 11.9. The third kappa shape index (κ3) is 7.00. The van der Waals surface area contributed by atoms with E-state index in [0.717, 1.165) is 58.3 Å². The van der Waals surface area contributed by atoms with E-state index in [0.29, 0.717) is 42.9 Å². The average molecular weight is 711 g/mol. The van der Waals surface area contributed by atoms with Crippen molar-refractivity contribution >= 4 is 51.6 Å². The number of carbonyl (C=O) groups excluding carboxylic acids is 4. The van der Waals surface area contributed by atoms with Gasteiger partial charge in [-0.05, 0) is 108 Å². The Morgan fingerprint density at radius 2 is 1.63 bits per heavy atom. The molecule has 0 bridgehead atoms. The highest BCUT2D eigenvalue weighted by atomic mass is 32.1. The minimum absolute atomic E-state index is 0.00174. The van der Waals surface area contributed by atoms with Gasteiger partial charge in [-0.25, -0.2) is 4.79 Å². The molecule has 9 nitrogen and oxygen atoms in total. The number of ether oxygens (including phenoxy) is 2. The number of anilines is 1. The van der Waals surface area contributed by atoms with Crippen LogP contribution in [0.2, 0.25) is 0 Å². The molecule has 1 aliphatic heterocycles. The van der Waals surface area contributed by atoms with E-state index in [2.05, 4.69) is 17.6 Å². The zero-order valence-corrected chi connectivity index (χ0v) is 30.6. The maximum absolute atomic E-state index is 14.5. The van der Waals surface area contributed by atoms with Crippen molar-refractivity contribution in [3.8, 4) is 21.7 Å². The van der Waals surface area contributed by atoms with Gasteiger partial charge in [0.1, 0.15) is 4.88 Å². The predicted octanol–water partition coefficient (Wildman–Crippen LogP) is 8.40. The van der Waals surface area contributed by atoms with E-state index in [4.69, 9.17) is 9.47 Å². The molecule has 2 aliphatic carbocycles. The summed E-state index contributed by atoms with van der Waals surface area (Å²) in [4.78, 5) is 57.3. The van der Waals surface area contributed by atoms with Gasteiger partial charge in [0.2, 0.25) is 12.7 Å². The summed E-state index contributed by atoms with van der Waals surface area (Å²) in [6.07, 6.45) is 5.46. The molecule has 0 spiro atoms. The third-order valence-electron chi connectivity index (χ3n) is 10.8. The van der Waals surface area contributed by atoms with E-state index in [1.54, 1.807) is 20.8 Å². The first-order valence-corrected chi connectivity index (χ1v) is 19.0. The van der Waals surface area contributed by atoms with Gasteiger partial charge in [0.25, 0.3) is 0 Å². The van der Waals surface area contributed by atoms with Gasteiger partial charge in [-0.2, -0.15) is 0 Å². The molecule has 0 radical (unpaired) electrons. The molecule has 0 saturated heterocycles. The number of rotatable bonds is 7. The highest BCUT2D eigenvalue weighted by Gasteiger charge is 2.38. The van der Waals surface area contributed by atoms with Crippen molar-refractivity contribution in [2.24, 2.45) is 17.3 Å². The van der Waals surface area contributed by atoms with Crippen molar-refractivity contribution in [3.05, 3.63) is 65.0 Å². The molecule has 2 aromatic heterocycles. The van der Waals surface area contributed by atoms with Crippen LogP contribution in [0.15, 0.2) is 54.6 Å². The van der Waals surface area contributed by atoms with Crippen molar-refractivity contribution in [2.75, 3.05) is 11.7 Å². The molecule has 1 amide bonds. The second kappa shape index (κ2) is 14.0. The van der Waals surface area contributed by atoms with Gasteiger partial charge in [0.15, 0.2) is 5.78 Å². The fraction of sp³-hybridized carbons (Fsp3) is 0.463. The number of hydrogen-bond acceptors (Lipinski definition) is 8. The lowest BCUT2D eigenvalue weighted by molar-refractivity contribution is -0.161. The van der Waals surface area contributed by atoms with E-state index in [1.807, 2.05) is 53.4 Å². The zero-order valence-electron chi connectivity index (χ0n) is 29.8. The van der Waals surface area contributed by atoms with Crippen molar-refractivity contribution in [1.29, 1.82) is 0 Å². The molecule has 3 aliphatic rings. The lowest BCUT2D eigenvalue weighted by Crippen LogP contribution is -2.47. The number of Topliss-reactive ketones (excluding diaryl/α,β-unsaturated/α-hetero) is 1. The topological polar surface area (TPSA) is 115 Å². The van der Waals surface area contributed by atoms with E-state index < -0.39 is 30.3 Å². The fourth-order valence-electron chi connectivity index (χ4n) is 7.77. The lowest BCUT2D eigenvalue weighted by atomic mass is 9.81. The predicted molar refractivity (Wildman–Crippen MR) is 198 cm³/mol. The largest absolute Gasteiger partial charge is 0.427 e. The number of fused-ring (bicyclic) bond motifs is 5. The first kappa shape index (κ1) is 35.1. The van der Waals surface area contributed by atoms with Crippen LogP contribution in [0.4, 0.5) is 5.69 Å². The Bertz CT molecular complexity index is 1990. The first-order valence-electron chi connectivity index (χ1n) is 18.1. The summed E-state index contributed by atoms with van der Waals surface area (Å²) in [6.45, 7) is 7.07. The number of aromatic nitrogens is 1. The molecule has 268 valence electrons. The minimum atomic E-state index is -0.766. The molecule has 2 aromatic carbocycles. The minimum Gasteiger partial charge on any atom is -0.427 e. The summed E-state index contributed by atoms with van der Waals surface area (Å²) >= 11 is 1.21. The molecule has 0 atom stereocenters. The maximum Gasteiger partial charge on any atom is 0.353 e. The SMILES string of the molecule is CC1CCC(C(=O)N(c2cc(-c3ccc4c(c3)C(=O)Cn3c-4cc4ccccc43)sc2C(=O)OCOC(=O)C(C)(C)C)C2CCC(O)CC2)CC1. The van der Waals surface area contributed by atoms with Crippen LogP contribution < -0.4 is 4.90 Å². The summed E-state index contributed by atoms with van der Waals surface area (Å²) in [5.74, 6) is -0.789. The molecule has 7 rings (SSSR count). The van der Waals surface area contributed by atoms with E-state index in [1.165, 1.54) is 11.3 Å². The van der Waals surface area contributed by atoms with Crippen LogP contribution in [0.5, 0.6) is 0 Å². The standard InChI is InChI=1S/C41H46N2O7S/c1-24-9-11-25(12-10-24)38(46)43(28-14-16-29(44)17-15-28)34-21-36(51-37(34)39(47)49-23-50-40(48)41(2,3)4)27-13-18-30-31(19-27)35(45)22-42-32-8-6-5-7-26(32)20-33(30)42/h5-8,13,18-21,24-25,28-29,44H,9-12,14-17,22-23H2,1-4H3. The van der Waals surface area contributed by atoms with Crippen LogP contribution >= 0.6 is 11.3 Å². The van der Waals surface area contributed by atoms with Gasteiger partial charge in [0.05, 0.1) is 29.4 Å². The molecule has 51 heavy (non-hydrogen) atoms. The number of thiophene rings is 1. The average Bonchev–Trinajstić information content (AvgIpc) is 3.71. The van der Waals surface area contributed by atoms with Crippen molar-refractivity contribution in [3.63, 3.8) is 0 Å². The number of aliphatic hydroxyl groups excluding tert-OH is 1. The van der Waals surface area contributed by atoms with Crippen molar-refractivity contribution in [1.82, 2.24) is 4.57 Å². The van der Waals surface area contributed by atoms with Crippen LogP contribution in [-0.2, 0) is 25.6 Å². The van der Waals surface area contributed by atoms with Gasteiger partial charge in [0, 0.05) is 38.9 Å². The number of hydrogen-bond donors (Lipinski definition) is 1. The molecule has 1 N–H and O–H groups in total. The van der Waals surface area contributed by atoms with Crippen LogP contribution in [0.25, 0.3) is 32.6 Å². The number of ketones is 1. The van der Waals surface area contributed by atoms with Gasteiger partial charge in [-0.3, -0.25) is 14.4 Å². The molecule has 2 saturated carbocycles. The Kier molecular flexibility index (Phi) is 9.67. The normalized spacial score (nSPS) is 21.9. The number of benzene rings is 2. The lowest BCUT2D eigenvalue weighted by Gasteiger charge is -2.39. The summed E-state index contributed by atoms with van der Waals surface area (Å²) in [5, 5.41) is 11.4. The molecule has 3 heterocycles. The first-order chi connectivity index (χ1) is 24.4. The van der Waals surface area contributed by atoms with Gasteiger partial charge >= 0.3 is 11.9 Å². The monoisotopic (exact) mass is 710 g/mol. The molecule has 4 aromatic rings. The summed E-state index contributed by atoms with van der Waals surface area (Å²) in [7, 11) is 0. The maximum atomic E-state index is 14.5. The Hall–Kier alpha value is -4.28. The molecule has 2 fully saturated rings. The quantitative estimate of drug-likeness (QED) is 0.151. The number of nitrogens with zero attached hydrogens (tertiary/aromatic N) is 2. The van der Waals surface area contributed by atoms with Gasteiger partial charge < -0.3 is 24.0 Å². The number of esters is 2. The molecule has 10 heteroatoms. The molecular weight excluding hydrogens is 665 g/mol. The molecule has 0 unspecified atom stereocenters. The summed E-state index contributed by atoms with van der Waals surface area (Å²) in [6, 6.07) is 17.6. The number of carbonyl (C=O) groups is 4. The van der Waals surface area contributed by atoms with Crippen LogP contribution in [-0.4, -0.2) is 52.2 Å². The zero-order chi connectivity index (χ0) is 36.0. The van der Waals surface area contributed by atoms with Crippen LogP contribution in [0.1, 0.15) is 99.1 Å². The van der Waals surface area contributed by atoms with Crippen LogP contribution in [0.3, 0.4) is 0 Å². The Morgan fingerprint density at radius 3 is 2.35 bits per heavy atom. The number of amides is 1. The Morgan fingerprint density at radius 1 is 0.902 bits per heavy atom. The number of aliphatic hydroxyl groups is 1. The van der Waals surface area contributed by atoms with E-state index in [-0.39, 0.29) is 35.1 Å². The van der Waals surface area contributed by atoms with Crippen LogP contribution in [0, 0.1) is 17.3 Å². The van der Waals surface area contributed by atoms with Gasteiger partial charge in [-0.1, -0.05) is 37.3 Å². The highest BCUT2D eigenvalue weighted by molar-refractivity contribution is 7.18. The number of para-hydroxylation sites is 1. The Balaban J connectivity index is 1.28. The Labute approximate surface area is 302 Å². The smallest absolute Gasteiger partial charge is 0.353 e. The van der Waals surface area contributed by atoms with E-state index in [9.17, 15) is 24.3 Å². The second-order valence-electron chi connectivity index (χ2n) is 15.5. The summed E-state index contributed by atoms with van der Waals surface area (Å²) < 4.78 is 12.9. The van der Waals surface area contributed by atoms with Crippen molar-refractivity contribution < 1.29 is 33.8 Å². The molecular formula is C41H46N2O7S.